The van der Waals surface area contributed by atoms with Crippen molar-refractivity contribution in [3.8, 4) is 0 Å². The van der Waals surface area contributed by atoms with Crippen LogP contribution in [0, 0.1) is 20.8 Å². The maximum absolute atomic E-state index is 12.9. The zero-order valence-corrected chi connectivity index (χ0v) is 18.2. The van der Waals surface area contributed by atoms with Gasteiger partial charge in [-0.3, -0.25) is 14.5 Å². The van der Waals surface area contributed by atoms with E-state index in [1.54, 1.807) is 4.90 Å². The minimum atomic E-state index is -0.450. The molecule has 29 heavy (non-hydrogen) atoms. The highest BCUT2D eigenvalue weighted by molar-refractivity contribution is 8.15. The van der Waals surface area contributed by atoms with Gasteiger partial charge < -0.3 is 5.32 Å². The van der Waals surface area contributed by atoms with Gasteiger partial charge in [0.1, 0.15) is 5.25 Å². The van der Waals surface area contributed by atoms with Gasteiger partial charge in [0.05, 0.1) is 5.69 Å². The fourth-order valence-corrected chi connectivity index (χ4v) is 4.36. The molecule has 1 N–H and O–H groups in total. The second kappa shape index (κ2) is 9.27. The second-order valence-electron chi connectivity index (χ2n) is 7.35. The van der Waals surface area contributed by atoms with E-state index in [1.807, 2.05) is 70.2 Å². The van der Waals surface area contributed by atoms with Gasteiger partial charge in [0, 0.05) is 18.7 Å². The lowest BCUT2D eigenvalue weighted by atomic mass is 10.1. The Kier molecular flexibility index (Phi) is 6.75. The van der Waals surface area contributed by atoms with Gasteiger partial charge in [-0.2, -0.15) is 0 Å². The van der Waals surface area contributed by atoms with E-state index < -0.39 is 5.25 Å². The normalized spacial score (nSPS) is 17.8. The lowest BCUT2D eigenvalue weighted by molar-refractivity contribution is -0.128. The molecule has 0 aliphatic carbocycles. The Morgan fingerprint density at radius 2 is 1.90 bits per heavy atom. The molecule has 2 amide bonds. The number of rotatable bonds is 6. The third kappa shape index (κ3) is 5.07. The van der Waals surface area contributed by atoms with Gasteiger partial charge in [0.25, 0.3) is 0 Å². The number of carbonyl (C=O) groups is 2. The van der Waals surface area contributed by atoms with Gasteiger partial charge in [-0.15, -0.1) is 0 Å². The summed E-state index contributed by atoms with van der Waals surface area (Å²) >= 11 is 1.38. The quantitative estimate of drug-likeness (QED) is 0.732. The number of para-hydroxylation sites is 1. The smallest absolute Gasteiger partial charge is 0.242 e. The molecule has 2 aromatic carbocycles. The molecule has 1 aliphatic rings. The number of nitrogens with zero attached hydrogens (tertiary/aromatic N) is 2. The molecular formula is C23H27N3O2S. The fraction of sp³-hybridized carbons (Fsp3) is 0.348. The number of amides is 2. The average Bonchev–Trinajstić information content (AvgIpc) is 2.95. The van der Waals surface area contributed by atoms with Crippen LogP contribution in [-0.2, 0) is 9.59 Å². The summed E-state index contributed by atoms with van der Waals surface area (Å²) in [7, 11) is 0. The number of aryl methyl sites for hydroxylation is 3. The van der Waals surface area contributed by atoms with E-state index in [9.17, 15) is 9.59 Å². The molecule has 0 bridgehead atoms. The molecular weight excluding hydrogens is 382 g/mol. The summed E-state index contributed by atoms with van der Waals surface area (Å²) in [6.07, 6.45) is 0.963. The predicted molar refractivity (Wildman–Crippen MR) is 121 cm³/mol. The average molecular weight is 410 g/mol. The SMILES string of the molecule is CCCN1C(=O)[C@H](CC(=O)Nc2cc(C)ccc2C)SC1=Nc1ccccc1C. The molecule has 152 valence electrons. The highest BCUT2D eigenvalue weighted by Crippen LogP contribution is 2.33. The number of hydrogen-bond donors (Lipinski definition) is 1. The van der Waals surface area contributed by atoms with Crippen molar-refractivity contribution in [2.45, 2.75) is 45.8 Å². The van der Waals surface area contributed by atoms with Crippen molar-refractivity contribution in [3.05, 3.63) is 59.2 Å². The molecule has 1 fully saturated rings. The second-order valence-corrected chi connectivity index (χ2v) is 8.52. The molecule has 6 heteroatoms. The number of benzene rings is 2. The molecule has 5 nitrogen and oxygen atoms in total. The molecule has 3 rings (SSSR count). The summed E-state index contributed by atoms with van der Waals surface area (Å²) in [6.45, 7) is 8.58. The van der Waals surface area contributed by atoms with Gasteiger partial charge >= 0.3 is 0 Å². The van der Waals surface area contributed by atoms with Gasteiger partial charge in [-0.1, -0.05) is 49.0 Å². The molecule has 1 saturated heterocycles. The number of aliphatic imine (C=N–C) groups is 1. The zero-order chi connectivity index (χ0) is 21.0. The summed E-state index contributed by atoms with van der Waals surface area (Å²) in [6, 6.07) is 13.8. The number of nitrogens with one attached hydrogen (secondary N) is 1. The van der Waals surface area contributed by atoms with Crippen molar-refractivity contribution in [2.75, 3.05) is 11.9 Å². The topological polar surface area (TPSA) is 61.8 Å². The summed E-state index contributed by atoms with van der Waals surface area (Å²) in [5.41, 5.74) is 4.79. The predicted octanol–water partition coefficient (Wildman–Crippen LogP) is 4.98. The first-order valence-electron chi connectivity index (χ1n) is 9.88. The van der Waals surface area contributed by atoms with Crippen LogP contribution >= 0.6 is 11.8 Å². The van der Waals surface area contributed by atoms with Crippen LogP contribution < -0.4 is 5.32 Å². The summed E-state index contributed by atoms with van der Waals surface area (Å²) < 4.78 is 0. The van der Waals surface area contributed by atoms with Gasteiger partial charge in [-0.05, 0) is 56.0 Å². The molecule has 0 unspecified atom stereocenters. The molecule has 1 aliphatic heterocycles. The van der Waals surface area contributed by atoms with Crippen molar-refractivity contribution in [1.82, 2.24) is 4.90 Å². The first-order chi connectivity index (χ1) is 13.9. The summed E-state index contributed by atoms with van der Waals surface area (Å²) in [4.78, 5) is 32.0. The molecule has 1 atom stereocenters. The minimum absolute atomic E-state index is 0.0414. The summed E-state index contributed by atoms with van der Waals surface area (Å²) in [5.74, 6) is -0.196. The van der Waals surface area contributed by atoms with E-state index in [1.165, 1.54) is 11.8 Å². The van der Waals surface area contributed by atoms with Crippen molar-refractivity contribution >= 4 is 40.1 Å². The Hall–Kier alpha value is -2.60. The number of thioether (sulfide) groups is 1. The third-order valence-electron chi connectivity index (χ3n) is 4.84. The number of hydrogen-bond acceptors (Lipinski definition) is 4. The minimum Gasteiger partial charge on any atom is -0.326 e. The number of amidine groups is 1. The van der Waals surface area contributed by atoms with E-state index in [0.29, 0.717) is 11.7 Å². The fourth-order valence-electron chi connectivity index (χ4n) is 3.19. The lowest BCUT2D eigenvalue weighted by Gasteiger charge is -2.15. The van der Waals surface area contributed by atoms with Crippen LogP contribution in [0.25, 0.3) is 0 Å². The standard InChI is InChI=1S/C23H27N3O2S/c1-5-12-26-22(28)20(29-23(26)25-18-9-7-6-8-16(18)3)14-21(27)24-19-13-15(2)10-11-17(19)4/h6-11,13,20H,5,12,14H2,1-4H3,(H,24,27)/t20-/m0/s1. The van der Waals surface area contributed by atoms with Crippen LogP contribution in [0.3, 0.4) is 0 Å². The lowest BCUT2D eigenvalue weighted by Crippen LogP contribution is -2.34. The van der Waals surface area contributed by atoms with E-state index in [-0.39, 0.29) is 18.2 Å². The molecule has 0 aromatic heterocycles. The van der Waals surface area contributed by atoms with Crippen molar-refractivity contribution < 1.29 is 9.59 Å². The van der Waals surface area contributed by atoms with E-state index in [2.05, 4.69) is 5.32 Å². The Labute approximate surface area is 176 Å². The Balaban J connectivity index is 1.76. The van der Waals surface area contributed by atoms with Gasteiger partial charge in [-0.25, -0.2) is 4.99 Å². The van der Waals surface area contributed by atoms with Crippen molar-refractivity contribution in [1.29, 1.82) is 0 Å². The van der Waals surface area contributed by atoms with Crippen LogP contribution in [0.5, 0.6) is 0 Å². The van der Waals surface area contributed by atoms with Crippen LogP contribution in [0.15, 0.2) is 47.5 Å². The summed E-state index contributed by atoms with van der Waals surface area (Å²) in [5, 5.41) is 3.18. The molecule has 0 radical (unpaired) electrons. The van der Waals surface area contributed by atoms with Crippen LogP contribution in [-0.4, -0.2) is 33.7 Å². The zero-order valence-electron chi connectivity index (χ0n) is 17.4. The van der Waals surface area contributed by atoms with Crippen LogP contribution in [0.1, 0.15) is 36.5 Å². The Morgan fingerprint density at radius 3 is 2.62 bits per heavy atom. The van der Waals surface area contributed by atoms with Crippen molar-refractivity contribution in [3.63, 3.8) is 0 Å². The first kappa shape index (κ1) is 21.1. The molecule has 0 spiro atoms. The van der Waals surface area contributed by atoms with Crippen molar-refractivity contribution in [2.24, 2.45) is 4.99 Å². The Morgan fingerprint density at radius 1 is 1.14 bits per heavy atom. The van der Waals surface area contributed by atoms with Crippen LogP contribution in [0.4, 0.5) is 11.4 Å². The maximum atomic E-state index is 12.9. The number of anilines is 1. The van der Waals surface area contributed by atoms with Crippen LogP contribution in [0.2, 0.25) is 0 Å². The monoisotopic (exact) mass is 409 g/mol. The maximum Gasteiger partial charge on any atom is 0.242 e. The molecule has 0 saturated carbocycles. The highest BCUT2D eigenvalue weighted by Gasteiger charge is 2.38. The van der Waals surface area contributed by atoms with E-state index in [4.69, 9.17) is 4.99 Å². The highest BCUT2D eigenvalue weighted by atomic mass is 32.2. The van der Waals surface area contributed by atoms with E-state index >= 15 is 0 Å². The van der Waals surface area contributed by atoms with Gasteiger partial charge in [0.15, 0.2) is 5.17 Å². The third-order valence-corrected chi connectivity index (χ3v) is 6.01. The number of carbonyl (C=O) groups excluding carboxylic acids is 2. The molecule has 1 heterocycles. The van der Waals surface area contributed by atoms with Gasteiger partial charge in [0.2, 0.25) is 11.8 Å². The molecule has 2 aromatic rings. The van der Waals surface area contributed by atoms with E-state index in [0.717, 1.165) is 34.5 Å². The largest absolute Gasteiger partial charge is 0.326 e. The Bertz CT molecular complexity index is 955. The first-order valence-corrected chi connectivity index (χ1v) is 10.8.